The molecule has 9 aromatic carbocycles. The fraction of sp³-hybridized carbons (Fsp3) is 0.0545. The first-order valence-corrected chi connectivity index (χ1v) is 19.9. The summed E-state index contributed by atoms with van der Waals surface area (Å²) in [6, 6.07) is 75.6. The second-order valence-electron chi connectivity index (χ2n) is 15.7. The molecule has 1 heterocycles. The molecular formula is C55H40N2. The summed E-state index contributed by atoms with van der Waals surface area (Å²) in [4.78, 5) is 2.43. The number of nitrogens with zero attached hydrogens (tertiary/aromatic N) is 2. The summed E-state index contributed by atoms with van der Waals surface area (Å²) in [5.74, 6) is 0. The standard InChI is InChI=1S/C55H40N2/c1-55(2)50-34-33-43(36-49(50)54-46(25-14-26-51(54)55)38-15-4-3-5-16-38)56(40-31-29-39(30-32-40)45-24-12-18-37-17-6-7-21-44(37)45)41-19-13-20-42(35-41)57-52-27-10-8-22-47(52)48-23-9-11-28-53(48)57/h3-36H,1-2H3. The zero-order chi connectivity index (χ0) is 38.1. The van der Waals surface area contributed by atoms with E-state index in [-0.39, 0.29) is 5.41 Å². The Labute approximate surface area is 333 Å². The van der Waals surface area contributed by atoms with Crippen molar-refractivity contribution in [2.45, 2.75) is 19.3 Å². The van der Waals surface area contributed by atoms with Crippen LogP contribution in [0.25, 0.3) is 71.6 Å². The molecule has 11 rings (SSSR count). The quantitative estimate of drug-likeness (QED) is 0.165. The molecule has 0 N–H and O–H groups in total. The zero-order valence-electron chi connectivity index (χ0n) is 32.0. The molecule has 0 atom stereocenters. The third-order valence-electron chi connectivity index (χ3n) is 12.2. The first-order chi connectivity index (χ1) is 28.0. The molecule has 0 amide bonds. The van der Waals surface area contributed by atoms with Gasteiger partial charge in [0.05, 0.1) is 11.0 Å². The average Bonchev–Trinajstić information content (AvgIpc) is 3.72. The summed E-state index contributed by atoms with van der Waals surface area (Å²) in [7, 11) is 0. The van der Waals surface area contributed by atoms with E-state index in [1.54, 1.807) is 0 Å². The number of rotatable bonds is 6. The Hall–Kier alpha value is -7.16. The number of benzene rings is 9. The van der Waals surface area contributed by atoms with Crippen LogP contribution in [0.4, 0.5) is 17.1 Å². The summed E-state index contributed by atoms with van der Waals surface area (Å²) in [6.07, 6.45) is 0. The molecule has 1 aliphatic rings. The van der Waals surface area contributed by atoms with Gasteiger partial charge in [-0.25, -0.2) is 0 Å². The number of aromatic nitrogens is 1. The van der Waals surface area contributed by atoms with Crippen LogP contribution in [-0.2, 0) is 5.41 Å². The first-order valence-electron chi connectivity index (χ1n) is 19.9. The van der Waals surface area contributed by atoms with E-state index in [9.17, 15) is 0 Å². The van der Waals surface area contributed by atoms with E-state index in [1.165, 1.54) is 77.1 Å². The molecule has 2 nitrogen and oxygen atoms in total. The zero-order valence-corrected chi connectivity index (χ0v) is 32.0. The van der Waals surface area contributed by atoms with Gasteiger partial charge in [-0.15, -0.1) is 0 Å². The highest BCUT2D eigenvalue weighted by Crippen LogP contribution is 2.54. The van der Waals surface area contributed by atoms with Crippen LogP contribution in [0.15, 0.2) is 206 Å². The molecule has 0 aliphatic heterocycles. The van der Waals surface area contributed by atoms with Crippen molar-refractivity contribution < 1.29 is 0 Å². The van der Waals surface area contributed by atoms with E-state index in [1.807, 2.05) is 0 Å². The lowest BCUT2D eigenvalue weighted by Gasteiger charge is -2.28. The van der Waals surface area contributed by atoms with Crippen molar-refractivity contribution in [1.82, 2.24) is 4.57 Å². The minimum absolute atomic E-state index is 0.130. The number of para-hydroxylation sites is 2. The van der Waals surface area contributed by atoms with Gasteiger partial charge in [0, 0.05) is 38.9 Å². The molecule has 0 radical (unpaired) electrons. The van der Waals surface area contributed by atoms with Gasteiger partial charge in [-0.1, -0.05) is 166 Å². The highest BCUT2D eigenvalue weighted by atomic mass is 15.1. The van der Waals surface area contributed by atoms with Crippen molar-refractivity contribution in [1.29, 1.82) is 0 Å². The predicted octanol–water partition coefficient (Wildman–Crippen LogP) is 15.0. The number of fused-ring (bicyclic) bond motifs is 7. The van der Waals surface area contributed by atoms with Gasteiger partial charge in [-0.3, -0.25) is 0 Å². The van der Waals surface area contributed by atoms with E-state index >= 15 is 0 Å². The molecule has 0 spiro atoms. The van der Waals surface area contributed by atoms with Crippen molar-refractivity contribution >= 4 is 49.6 Å². The van der Waals surface area contributed by atoms with Gasteiger partial charge in [-0.05, 0) is 110 Å². The predicted molar refractivity (Wildman–Crippen MR) is 241 cm³/mol. The van der Waals surface area contributed by atoms with Crippen LogP contribution in [0, 0.1) is 0 Å². The second-order valence-corrected chi connectivity index (χ2v) is 15.7. The number of hydrogen-bond donors (Lipinski definition) is 0. The van der Waals surface area contributed by atoms with E-state index in [2.05, 4.69) is 230 Å². The normalized spacial score (nSPS) is 12.9. The monoisotopic (exact) mass is 728 g/mol. The highest BCUT2D eigenvalue weighted by Gasteiger charge is 2.37. The number of anilines is 3. The van der Waals surface area contributed by atoms with Crippen LogP contribution in [0.3, 0.4) is 0 Å². The number of hydrogen-bond acceptors (Lipinski definition) is 1. The third-order valence-corrected chi connectivity index (χ3v) is 12.2. The Balaban J connectivity index is 1.11. The van der Waals surface area contributed by atoms with E-state index in [0.29, 0.717) is 0 Å². The topological polar surface area (TPSA) is 8.17 Å². The van der Waals surface area contributed by atoms with Gasteiger partial charge in [0.15, 0.2) is 0 Å². The van der Waals surface area contributed by atoms with Crippen LogP contribution >= 0.6 is 0 Å². The third kappa shape index (κ3) is 5.25. The Bertz CT molecular complexity index is 3090. The molecular weight excluding hydrogens is 689 g/mol. The molecule has 0 fully saturated rings. The summed E-state index contributed by atoms with van der Waals surface area (Å²) < 4.78 is 2.41. The summed E-state index contributed by atoms with van der Waals surface area (Å²) >= 11 is 0. The lowest BCUT2D eigenvalue weighted by Crippen LogP contribution is -2.15. The van der Waals surface area contributed by atoms with E-state index in [0.717, 1.165) is 22.7 Å². The van der Waals surface area contributed by atoms with Gasteiger partial charge in [0.2, 0.25) is 0 Å². The van der Waals surface area contributed by atoms with Crippen LogP contribution in [0.1, 0.15) is 25.0 Å². The van der Waals surface area contributed by atoms with Gasteiger partial charge in [0.1, 0.15) is 0 Å². The fourth-order valence-corrected chi connectivity index (χ4v) is 9.48. The molecule has 57 heavy (non-hydrogen) atoms. The molecule has 0 unspecified atom stereocenters. The first kappa shape index (κ1) is 33.2. The molecule has 270 valence electrons. The van der Waals surface area contributed by atoms with Gasteiger partial charge in [0.25, 0.3) is 0 Å². The lowest BCUT2D eigenvalue weighted by molar-refractivity contribution is 0.660. The van der Waals surface area contributed by atoms with Crippen LogP contribution < -0.4 is 4.90 Å². The van der Waals surface area contributed by atoms with Crippen LogP contribution in [0.5, 0.6) is 0 Å². The lowest BCUT2D eigenvalue weighted by atomic mass is 9.82. The van der Waals surface area contributed by atoms with Gasteiger partial charge in [-0.2, -0.15) is 0 Å². The Morgan fingerprint density at radius 2 is 0.965 bits per heavy atom. The van der Waals surface area contributed by atoms with Gasteiger partial charge >= 0.3 is 0 Å². The highest BCUT2D eigenvalue weighted by molar-refractivity contribution is 6.09. The van der Waals surface area contributed by atoms with Gasteiger partial charge < -0.3 is 9.47 Å². The minimum Gasteiger partial charge on any atom is -0.310 e. The minimum atomic E-state index is -0.130. The molecule has 0 bridgehead atoms. The Morgan fingerprint density at radius 1 is 0.386 bits per heavy atom. The van der Waals surface area contributed by atoms with E-state index in [4.69, 9.17) is 0 Å². The summed E-state index contributed by atoms with van der Waals surface area (Å²) in [6.45, 7) is 4.73. The molecule has 10 aromatic rings. The molecule has 1 aromatic heterocycles. The maximum atomic E-state index is 2.43. The van der Waals surface area contributed by atoms with Crippen molar-refractivity contribution in [2.75, 3.05) is 4.90 Å². The average molecular weight is 729 g/mol. The largest absolute Gasteiger partial charge is 0.310 e. The van der Waals surface area contributed by atoms with Crippen molar-refractivity contribution in [2.24, 2.45) is 0 Å². The van der Waals surface area contributed by atoms with Crippen LogP contribution in [0.2, 0.25) is 0 Å². The Morgan fingerprint density at radius 3 is 1.74 bits per heavy atom. The van der Waals surface area contributed by atoms with Crippen molar-refractivity contribution in [3.8, 4) is 39.1 Å². The summed E-state index contributed by atoms with van der Waals surface area (Å²) in [5, 5.41) is 5.03. The second kappa shape index (κ2) is 13.0. The van der Waals surface area contributed by atoms with Crippen molar-refractivity contribution in [3.63, 3.8) is 0 Å². The van der Waals surface area contributed by atoms with Crippen molar-refractivity contribution in [3.05, 3.63) is 217 Å². The smallest absolute Gasteiger partial charge is 0.0541 e. The molecule has 0 saturated carbocycles. The molecule has 2 heteroatoms. The van der Waals surface area contributed by atoms with E-state index < -0.39 is 0 Å². The summed E-state index contributed by atoms with van der Waals surface area (Å²) in [5.41, 5.74) is 17.0. The fourth-order valence-electron chi connectivity index (χ4n) is 9.48. The maximum absolute atomic E-state index is 2.43. The SMILES string of the molecule is CC1(C)c2ccc(N(c3ccc(-c4cccc5ccccc45)cc3)c3cccc(-n4c5ccccc5c5ccccc54)c3)cc2-c2c(-c3ccccc3)cccc21. The molecule has 0 saturated heterocycles. The molecule has 1 aliphatic carbocycles. The van der Waals surface area contributed by atoms with Crippen LogP contribution in [-0.4, -0.2) is 4.57 Å². The Kier molecular flexibility index (Phi) is 7.55. The maximum Gasteiger partial charge on any atom is 0.0541 e.